The Balaban J connectivity index is 1.46. The van der Waals surface area contributed by atoms with E-state index in [1.807, 2.05) is 38.1 Å². The molecule has 44 heavy (non-hydrogen) atoms. The molecule has 1 aliphatic heterocycles. The summed E-state index contributed by atoms with van der Waals surface area (Å²) in [6, 6.07) is 21.4. The highest BCUT2D eigenvalue weighted by atomic mass is 16.2. The highest BCUT2D eigenvalue weighted by Crippen LogP contribution is 2.27. The molecule has 3 atom stereocenters. The molecule has 0 aliphatic carbocycles. The summed E-state index contributed by atoms with van der Waals surface area (Å²) in [4.78, 5) is 67.4. The predicted molar refractivity (Wildman–Crippen MR) is 167 cm³/mol. The summed E-state index contributed by atoms with van der Waals surface area (Å²) in [6.07, 6.45) is 0.112. The summed E-state index contributed by atoms with van der Waals surface area (Å²) in [6.45, 7) is 5.57. The zero-order valence-corrected chi connectivity index (χ0v) is 25.0. The lowest BCUT2D eigenvalue weighted by Gasteiger charge is -2.29. The number of carbonyl (C=O) groups is 5. The van der Waals surface area contributed by atoms with Crippen molar-refractivity contribution in [1.82, 2.24) is 15.1 Å². The number of benzene rings is 3. The molecule has 11 nitrogen and oxygen atoms in total. The first-order valence-corrected chi connectivity index (χ1v) is 14.5. The molecule has 1 unspecified atom stereocenters. The number of imide groups is 1. The SMILES string of the molecule is CC(C)C[C@@H](C(=O)N[C@@H](CC(N)=O)c1ccccc1)N1C(=O)C(C)N(Cc2ccc(NC(=O)Nc3ccccc3)cc2)C1=O. The molecule has 3 aromatic rings. The maximum atomic E-state index is 13.7. The first-order chi connectivity index (χ1) is 21.0. The van der Waals surface area contributed by atoms with Crippen LogP contribution in [0, 0.1) is 5.92 Å². The van der Waals surface area contributed by atoms with Crippen LogP contribution in [0.25, 0.3) is 0 Å². The van der Waals surface area contributed by atoms with E-state index in [0.717, 1.165) is 10.5 Å². The lowest BCUT2D eigenvalue weighted by molar-refractivity contribution is -0.137. The fraction of sp³-hybridized carbons (Fsp3) is 0.303. The van der Waals surface area contributed by atoms with E-state index in [4.69, 9.17) is 5.73 Å². The topological polar surface area (TPSA) is 154 Å². The van der Waals surface area contributed by atoms with E-state index in [9.17, 15) is 24.0 Å². The van der Waals surface area contributed by atoms with Gasteiger partial charge in [0.15, 0.2) is 0 Å². The van der Waals surface area contributed by atoms with Gasteiger partial charge in [0, 0.05) is 17.9 Å². The summed E-state index contributed by atoms with van der Waals surface area (Å²) in [7, 11) is 0. The Morgan fingerprint density at radius 1 is 0.841 bits per heavy atom. The number of nitrogens with one attached hydrogen (secondary N) is 3. The summed E-state index contributed by atoms with van der Waals surface area (Å²) >= 11 is 0. The van der Waals surface area contributed by atoms with Gasteiger partial charge in [-0.2, -0.15) is 0 Å². The molecule has 0 aromatic heterocycles. The van der Waals surface area contributed by atoms with E-state index in [-0.39, 0.29) is 25.3 Å². The Bertz CT molecular complexity index is 1480. The Hall–Kier alpha value is -5.19. The number of para-hydroxylation sites is 1. The van der Waals surface area contributed by atoms with E-state index in [1.165, 1.54) is 4.90 Å². The van der Waals surface area contributed by atoms with Crippen LogP contribution in [0.3, 0.4) is 0 Å². The van der Waals surface area contributed by atoms with Crippen molar-refractivity contribution in [2.75, 3.05) is 10.6 Å². The molecule has 0 saturated carbocycles. The molecular formula is C33H38N6O5. The first kappa shape index (κ1) is 31.7. The van der Waals surface area contributed by atoms with Crippen LogP contribution in [0.2, 0.25) is 0 Å². The molecule has 1 saturated heterocycles. The van der Waals surface area contributed by atoms with Gasteiger partial charge in [0.1, 0.15) is 12.1 Å². The van der Waals surface area contributed by atoms with Crippen molar-refractivity contribution in [1.29, 1.82) is 0 Å². The number of anilines is 2. The van der Waals surface area contributed by atoms with Crippen LogP contribution >= 0.6 is 0 Å². The molecule has 11 heteroatoms. The van der Waals surface area contributed by atoms with Gasteiger partial charge in [-0.15, -0.1) is 0 Å². The van der Waals surface area contributed by atoms with Crippen molar-refractivity contribution in [2.24, 2.45) is 11.7 Å². The van der Waals surface area contributed by atoms with Gasteiger partial charge in [-0.25, -0.2) is 14.5 Å². The zero-order chi connectivity index (χ0) is 31.8. The lowest BCUT2D eigenvalue weighted by Crippen LogP contribution is -2.51. The van der Waals surface area contributed by atoms with Gasteiger partial charge in [0.05, 0.1) is 12.5 Å². The van der Waals surface area contributed by atoms with Crippen molar-refractivity contribution in [3.8, 4) is 0 Å². The molecule has 230 valence electrons. The smallest absolute Gasteiger partial charge is 0.328 e. The number of nitrogens with zero attached hydrogens (tertiary/aromatic N) is 2. The minimum Gasteiger partial charge on any atom is -0.370 e. The van der Waals surface area contributed by atoms with Gasteiger partial charge < -0.3 is 26.6 Å². The number of nitrogens with two attached hydrogens (primary N) is 1. The number of amides is 7. The molecule has 1 heterocycles. The average molecular weight is 599 g/mol. The quantitative estimate of drug-likeness (QED) is 0.224. The van der Waals surface area contributed by atoms with Crippen LogP contribution in [0.5, 0.6) is 0 Å². The normalized spacial score (nSPS) is 16.0. The number of hydrogen-bond acceptors (Lipinski definition) is 5. The molecule has 0 bridgehead atoms. The molecule has 1 fully saturated rings. The second-order valence-electron chi connectivity index (χ2n) is 11.2. The third kappa shape index (κ3) is 8.00. The van der Waals surface area contributed by atoms with Crippen LogP contribution in [0.15, 0.2) is 84.9 Å². The van der Waals surface area contributed by atoms with E-state index in [0.29, 0.717) is 16.9 Å². The molecule has 1 aliphatic rings. The second-order valence-corrected chi connectivity index (χ2v) is 11.2. The highest BCUT2D eigenvalue weighted by Gasteiger charge is 2.48. The number of primary amides is 1. The number of rotatable bonds is 12. The minimum absolute atomic E-state index is 0.0128. The molecule has 4 rings (SSSR count). The van der Waals surface area contributed by atoms with Crippen LogP contribution in [0.1, 0.15) is 50.8 Å². The predicted octanol–water partition coefficient (Wildman–Crippen LogP) is 4.63. The van der Waals surface area contributed by atoms with Crippen molar-refractivity contribution in [3.05, 3.63) is 96.1 Å². The maximum Gasteiger partial charge on any atom is 0.328 e. The van der Waals surface area contributed by atoms with Crippen molar-refractivity contribution < 1.29 is 24.0 Å². The third-order valence-corrected chi connectivity index (χ3v) is 7.34. The molecule has 5 N–H and O–H groups in total. The summed E-state index contributed by atoms with van der Waals surface area (Å²) < 4.78 is 0. The molecule has 3 aromatic carbocycles. The molecule has 7 amide bonds. The van der Waals surface area contributed by atoms with Gasteiger partial charge >= 0.3 is 12.1 Å². The Kier molecular flexibility index (Phi) is 10.3. The Morgan fingerprint density at radius 3 is 1.98 bits per heavy atom. The Morgan fingerprint density at radius 2 is 1.41 bits per heavy atom. The van der Waals surface area contributed by atoms with Crippen LogP contribution in [0.4, 0.5) is 21.0 Å². The minimum atomic E-state index is -1.07. The maximum absolute atomic E-state index is 13.7. The Labute approximate surface area is 256 Å². The second kappa shape index (κ2) is 14.3. The third-order valence-electron chi connectivity index (χ3n) is 7.34. The fourth-order valence-electron chi connectivity index (χ4n) is 5.11. The van der Waals surface area contributed by atoms with Crippen molar-refractivity contribution in [3.63, 3.8) is 0 Å². The van der Waals surface area contributed by atoms with E-state index in [1.54, 1.807) is 67.6 Å². The summed E-state index contributed by atoms with van der Waals surface area (Å²) in [5, 5.41) is 8.37. The first-order valence-electron chi connectivity index (χ1n) is 14.5. The van der Waals surface area contributed by atoms with E-state index >= 15 is 0 Å². The average Bonchev–Trinajstić information content (AvgIpc) is 3.19. The van der Waals surface area contributed by atoms with Crippen molar-refractivity contribution in [2.45, 2.75) is 58.3 Å². The van der Waals surface area contributed by atoms with Crippen LogP contribution < -0.4 is 21.7 Å². The fourth-order valence-corrected chi connectivity index (χ4v) is 5.11. The zero-order valence-electron chi connectivity index (χ0n) is 25.0. The number of carbonyl (C=O) groups excluding carboxylic acids is 5. The monoisotopic (exact) mass is 598 g/mol. The van der Waals surface area contributed by atoms with Gasteiger partial charge in [0.2, 0.25) is 11.8 Å². The number of hydrogen-bond donors (Lipinski definition) is 4. The molecule has 0 spiro atoms. The summed E-state index contributed by atoms with van der Waals surface area (Å²) in [5.74, 6) is -1.61. The van der Waals surface area contributed by atoms with E-state index in [2.05, 4.69) is 16.0 Å². The van der Waals surface area contributed by atoms with Crippen molar-refractivity contribution >= 4 is 41.2 Å². The van der Waals surface area contributed by atoms with Gasteiger partial charge in [-0.1, -0.05) is 74.5 Å². The van der Waals surface area contributed by atoms with Gasteiger partial charge in [-0.3, -0.25) is 14.4 Å². The van der Waals surface area contributed by atoms with Crippen LogP contribution in [-0.2, 0) is 20.9 Å². The van der Waals surface area contributed by atoms with E-state index < -0.39 is 47.9 Å². The molecular weight excluding hydrogens is 560 g/mol. The summed E-state index contributed by atoms with van der Waals surface area (Å²) in [5.41, 5.74) is 8.10. The highest BCUT2D eigenvalue weighted by molar-refractivity contribution is 6.07. The van der Waals surface area contributed by atoms with Gasteiger partial charge in [0.25, 0.3) is 5.91 Å². The molecule has 0 radical (unpaired) electrons. The van der Waals surface area contributed by atoms with Crippen LogP contribution in [-0.4, -0.2) is 51.7 Å². The standard InChI is InChI=1S/C33H38N6O5/c1-21(2)18-28(30(41)37-27(19-29(34)40)24-10-6-4-7-11-24)39-31(42)22(3)38(33(39)44)20-23-14-16-26(17-15-23)36-32(43)35-25-12-8-5-9-13-25/h4-17,21-22,27-28H,18-20H2,1-3H3,(H2,34,40)(H,37,41)(H2,35,36,43)/t22?,27-,28-/m0/s1. The van der Waals surface area contributed by atoms with Gasteiger partial charge in [-0.05, 0) is 54.7 Å². The number of urea groups is 2. The lowest BCUT2D eigenvalue weighted by atomic mass is 9.99. The largest absolute Gasteiger partial charge is 0.370 e.